The zero-order valence-electron chi connectivity index (χ0n) is 13.4. The molecule has 1 spiro atoms. The van der Waals surface area contributed by atoms with Crippen molar-refractivity contribution in [3.05, 3.63) is 0 Å². The molecule has 2 N–H and O–H groups in total. The number of hydrogen-bond acceptors (Lipinski definition) is 3. The highest BCUT2D eigenvalue weighted by Crippen LogP contribution is 2.38. The summed E-state index contributed by atoms with van der Waals surface area (Å²) in [4.78, 5) is 38.1. The largest absolute Gasteiger partial charge is 0.352 e. The first-order chi connectivity index (χ1) is 10.4. The predicted molar refractivity (Wildman–Crippen MR) is 80.9 cm³/mol. The van der Waals surface area contributed by atoms with Gasteiger partial charge in [0.1, 0.15) is 12.1 Å². The highest BCUT2D eigenvalue weighted by molar-refractivity contribution is 6.09. The van der Waals surface area contributed by atoms with Gasteiger partial charge in [-0.05, 0) is 44.4 Å². The Bertz CT molecular complexity index is 503. The minimum Gasteiger partial charge on any atom is -0.352 e. The van der Waals surface area contributed by atoms with Crippen molar-refractivity contribution in [3.8, 4) is 0 Å². The van der Waals surface area contributed by atoms with E-state index in [1.807, 2.05) is 13.8 Å². The van der Waals surface area contributed by atoms with Gasteiger partial charge in [0.15, 0.2) is 0 Å². The number of hydrogen-bond donors (Lipinski definition) is 2. The maximum Gasteiger partial charge on any atom is 0.325 e. The van der Waals surface area contributed by atoms with Crippen LogP contribution in [0.25, 0.3) is 0 Å². The fourth-order valence-corrected chi connectivity index (χ4v) is 3.80. The van der Waals surface area contributed by atoms with Crippen LogP contribution in [0.15, 0.2) is 0 Å². The summed E-state index contributed by atoms with van der Waals surface area (Å²) in [7, 11) is 0. The lowest BCUT2D eigenvalue weighted by molar-refractivity contribution is -0.137. The van der Waals surface area contributed by atoms with Crippen LogP contribution in [0.5, 0.6) is 0 Å². The highest BCUT2D eigenvalue weighted by Gasteiger charge is 2.55. The topological polar surface area (TPSA) is 78.5 Å². The molecule has 0 unspecified atom stereocenters. The summed E-state index contributed by atoms with van der Waals surface area (Å²) in [6.07, 6.45) is 5.93. The normalized spacial score (nSPS) is 33.0. The van der Waals surface area contributed by atoms with Crippen LogP contribution in [0.1, 0.15) is 52.4 Å². The minimum absolute atomic E-state index is 0.121. The molecule has 3 aliphatic rings. The molecule has 122 valence electrons. The minimum atomic E-state index is -0.780. The van der Waals surface area contributed by atoms with Crippen molar-refractivity contribution in [2.24, 2.45) is 11.8 Å². The maximum atomic E-state index is 12.7. The van der Waals surface area contributed by atoms with Crippen LogP contribution in [0.2, 0.25) is 0 Å². The van der Waals surface area contributed by atoms with E-state index < -0.39 is 11.6 Å². The van der Waals surface area contributed by atoms with Crippen LogP contribution in [-0.2, 0) is 9.59 Å². The molecule has 3 rings (SSSR count). The fourth-order valence-electron chi connectivity index (χ4n) is 3.80. The molecule has 0 bridgehead atoms. The molecule has 1 saturated heterocycles. The first kappa shape index (κ1) is 15.3. The Labute approximate surface area is 131 Å². The molecular weight excluding hydrogens is 282 g/mol. The quantitative estimate of drug-likeness (QED) is 0.771. The van der Waals surface area contributed by atoms with Gasteiger partial charge >= 0.3 is 6.03 Å². The Morgan fingerprint density at radius 2 is 2.09 bits per heavy atom. The number of carbonyl (C=O) groups is 3. The summed E-state index contributed by atoms with van der Waals surface area (Å²) in [5.41, 5.74) is -0.780. The van der Waals surface area contributed by atoms with Crippen LogP contribution in [0, 0.1) is 11.8 Å². The standard InChI is InChI=1S/C16H25N3O3/c1-10-5-3-4-8-16(10)14(21)19(15(22)18-16)9-13(20)17-11(2)12-6-7-12/h10-12H,3-9H2,1-2H3,(H,17,20)(H,18,22)/t10-,11-,16+/m0/s1. The van der Waals surface area contributed by atoms with Crippen molar-refractivity contribution in [1.82, 2.24) is 15.5 Å². The van der Waals surface area contributed by atoms with Gasteiger partial charge in [0.05, 0.1) is 0 Å². The number of carbonyl (C=O) groups excluding carboxylic acids is 3. The van der Waals surface area contributed by atoms with Gasteiger partial charge in [0, 0.05) is 6.04 Å². The molecule has 1 heterocycles. The lowest BCUT2D eigenvalue weighted by Gasteiger charge is -2.36. The molecule has 0 aromatic heterocycles. The first-order valence-electron chi connectivity index (χ1n) is 8.37. The molecule has 2 aliphatic carbocycles. The van der Waals surface area contributed by atoms with Crippen molar-refractivity contribution < 1.29 is 14.4 Å². The third kappa shape index (κ3) is 2.59. The lowest BCUT2D eigenvalue weighted by atomic mass is 9.73. The van der Waals surface area contributed by atoms with E-state index in [1.54, 1.807) is 0 Å². The molecule has 6 nitrogen and oxygen atoms in total. The zero-order valence-corrected chi connectivity index (χ0v) is 13.4. The molecule has 22 heavy (non-hydrogen) atoms. The van der Waals surface area contributed by atoms with Gasteiger partial charge < -0.3 is 10.6 Å². The lowest BCUT2D eigenvalue weighted by Crippen LogP contribution is -2.54. The van der Waals surface area contributed by atoms with Crippen LogP contribution in [-0.4, -0.2) is 40.9 Å². The van der Waals surface area contributed by atoms with Gasteiger partial charge in [-0.25, -0.2) is 4.79 Å². The van der Waals surface area contributed by atoms with Gasteiger partial charge in [0.2, 0.25) is 5.91 Å². The number of nitrogens with one attached hydrogen (secondary N) is 2. The summed E-state index contributed by atoms with van der Waals surface area (Å²) in [5.74, 6) is 0.204. The molecule has 2 saturated carbocycles. The summed E-state index contributed by atoms with van der Waals surface area (Å²) in [5, 5.41) is 5.77. The Morgan fingerprint density at radius 1 is 1.36 bits per heavy atom. The predicted octanol–water partition coefficient (Wildman–Crippen LogP) is 1.40. The van der Waals surface area contributed by atoms with Crippen LogP contribution in [0.4, 0.5) is 4.79 Å². The average molecular weight is 307 g/mol. The van der Waals surface area contributed by atoms with Crippen molar-refractivity contribution in [2.45, 2.75) is 64.0 Å². The molecule has 3 fully saturated rings. The number of amides is 4. The van der Waals surface area contributed by atoms with Gasteiger partial charge in [0.25, 0.3) is 5.91 Å². The van der Waals surface area contributed by atoms with E-state index in [0.29, 0.717) is 12.3 Å². The average Bonchev–Trinajstić information content (AvgIpc) is 3.28. The Hall–Kier alpha value is -1.59. The SMILES string of the molecule is C[C@H](NC(=O)CN1C(=O)N[C@@]2(CCCC[C@@H]2C)C1=O)C1CC1. The smallest absolute Gasteiger partial charge is 0.325 e. The van der Waals surface area contributed by atoms with Gasteiger partial charge in [-0.15, -0.1) is 0 Å². The van der Waals surface area contributed by atoms with Gasteiger partial charge in [-0.1, -0.05) is 19.8 Å². The highest BCUT2D eigenvalue weighted by atomic mass is 16.2. The van der Waals surface area contributed by atoms with E-state index in [0.717, 1.165) is 37.0 Å². The number of imide groups is 1. The second-order valence-electron chi connectivity index (χ2n) is 7.13. The fraction of sp³-hybridized carbons (Fsp3) is 0.812. The Balaban J connectivity index is 1.65. The molecule has 0 aromatic carbocycles. The third-order valence-electron chi connectivity index (χ3n) is 5.52. The molecule has 3 atom stereocenters. The van der Waals surface area contributed by atoms with Gasteiger partial charge in [-0.3, -0.25) is 14.5 Å². The molecular formula is C16H25N3O3. The van der Waals surface area contributed by atoms with Crippen LogP contribution >= 0.6 is 0 Å². The van der Waals surface area contributed by atoms with Crippen LogP contribution < -0.4 is 10.6 Å². The van der Waals surface area contributed by atoms with Gasteiger partial charge in [-0.2, -0.15) is 0 Å². The molecule has 0 aromatic rings. The van der Waals surface area contributed by atoms with E-state index >= 15 is 0 Å². The van der Waals surface area contributed by atoms with E-state index in [-0.39, 0.29) is 30.3 Å². The molecule has 0 radical (unpaired) electrons. The van der Waals surface area contributed by atoms with E-state index in [1.165, 1.54) is 0 Å². The third-order valence-corrected chi connectivity index (χ3v) is 5.52. The summed E-state index contributed by atoms with van der Waals surface area (Å²) >= 11 is 0. The maximum absolute atomic E-state index is 12.7. The van der Waals surface area contributed by atoms with Crippen molar-refractivity contribution in [1.29, 1.82) is 0 Å². The Morgan fingerprint density at radius 3 is 2.73 bits per heavy atom. The summed E-state index contributed by atoms with van der Waals surface area (Å²) < 4.78 is 0. The van der Waals surface area contributed by atoms with Crippen LogP contribution in [0.3, 0.4) is 0 Å². The summed E-state index contributed by atoms with van der Waals surface area (Å²) in [6.45, 7) is 3.82. The first-order valence-corrected chi connectivity index (χ1v) is 8.37. The molecule has 6 heteroatoms. The monoisotopic (exact) mass is 307 g/mol. The second kappa shape index (κ2) is 5.56. The molecule has 4 amide bonds. The number of rotatable bonds is 4. The number of urea groups is 1. The van der Waals surface area contributed by atoms with Crippen molar-refractivity contribution in [3.63, 3.8) is 0 Å². The molecule has 1 aliphatic heterocycles. The van der Waals surface area contributed by atoms with Crippen molar-refractivity contribution in [2.75, 3.05) is 6.54 Å². The van der Waals surface area contributed by atoms with Crippen molar-refractivity contribution >= 4 is 17.8 Å². The zero-order chi connectivity index (χ0) is 15.9. The summed E-state index contributed by atoms with van der Waals surface area (Å²) in [6, 6.07) is -0.302. The van der Waals surface area contributed by atoms with E-state index in [2.05, 4.69) is 10.6 Å². The van der Waals surface area contributed by atoms with E-state index in [9.17, 15) is 14.4 Å². The van der Waals surface area contributed by atoms with E-state index in [4.69, 9.17) is 0 Å². The second-order valence-corrected chi connectivity index (χ2v) is 7.13. The Kier molecular flexibility index (Phi) is 3.87. The number of nitrogens with zero attached hydrogens (tertiary/aromatic N) is 1.